The number of hydrogen-bond acceptors (Lipinski definition) is 3. The molecule has 5 nitrogen and oxygen atoms in total. The number of pyridine rings is 1. The standard InChI is InChI=1S/C16H15N3O2/c1-19(2)16(21)13-6-12(8-17-9-13)10-3-4-14-11(5-10)7-15(20)18-14/h3-6,8-9H,7H2,1-2H3,(H,18,20). The molecule has 0 spiro atoms. The molecule has 1 aliphatic heterocycles. The molecule has 0 radical (unpaired) electrons. The van der Waals surface area contributed by atoms with E-state index in [1.807, 2.05) is 24.3 Å². The van der Waals surface area contributed by atoms with Gasteiger partial charge in [-0.05, 0) is 29.3 Å². The van der Waals surface area contributed by atoms with Gasteiger partial charge in [0.25, 0.3) is 5.91 Å². The summed E-state index contributed by atoms with van der Waals surface area (Å²) in [4.78, 5) is 29.0. The van der Waals surface area contributed by atoms with E-state index < -0.39 is 0 Å². The molecule has 0 bridgehead atoms. The van der Waals surface area contributed by atoms with Crippen molar-refractivity contribution in [2.24, 2.45) is 0 Å². The smallest absolute Gasteiger partial charge is 0.254 e. The highest BCUT2D eigenvalue weighted by Gasteiger charge is 2.18. The summed E-state index contributed by atoms with van der Waals surface area (Å²) >= 11 is 0. The third kappa shape index (κ3) is 2.50. The molecule has 0 saturated carbocycles. The van der Waals surface area contributed by atoms with Crippen LogP contribution in [0, 0.1) is 0 Å². The Kier molecular flexibility index (Phi) is 3.17. The third-order valence-electron chi connectivity index (χ3n) is 3.46. The first-order valence-corrected chi connectivity index (χ1v) is 6.64. The number of benzene rings is 1. The molecule has 0 unspecified atom stereocenters. The molecule has 1 aromatic carbocycles. The van der Waals surface area contributed by atoms with Crippen LogP contribution in [-0.2, 0) is 11.2 Å². The van der Waals surface area contributed by atoms with Crippen LogP contribution in [0.5, 0.6) is 0 Å². The first-order valence-electron chi connectivity index (χ1n) is 6.64. The minimum atomic E-state index is -0.0812. The molecule has 0 atom stereocenters. The first-order chi connectivity index (χ1) is 10.0. The molecule has 0 saturated heterocycles. The van der Waals surface area contributed by atoms with Crippen LogP contribution in [0.2, 0.25) is 0 Å². The Labute approximate surface area is 122 Å². The average molecular weight is 281 g/mol. The van der Waals surface area contributed by atoms with Crippen LogP contribution >= 0.6 is 0 Å². The van der Waals surface area contributed by atoms with E-state index in [1.165, 1.54) is 4.90 Å². The molecule has 0 fully saturated rings. The fraction of sp³-hybridized carbons (Fsp3) is 0.188. The van der Waals surface area contributed by atoms with Gasteiger partial charge in [-0.15, -0.1) is 0 Å². The van der Waals surface area contributed by atoms with Crippen LogP contribution < -0.4 is 5.32 Å². The fourth-order valence-corrected chi connectivity index (χ4v) is 2.38. The highest BCUT2D eigenvalue weighted by molar-refractivity contribution is 6.00. The number of rotatable bonds is 2. The molecule has 1 N–H and O–H groups in total. The predicted molar refractivity (Wildman–Crippen MR) is 80.0 cm³/mol. The van der Waals surface area contributed by atoms with Gasteiger partial charge >= 0.3 is 0 Å². The maximum Gasteiger partial charge on any atom is 0.254 e. The second-order valence-electron chi connectivity index (χ2n) is 5.26. The molecule has 1 aliphatic rings. The van der Waals surface area contributed by atoms with Crippen molar-refractivity contribution in [1.29, 1.82) is 0 Å². The molecule has 2 heterocycles. The lowest BCUT2D eigenvalue weighted by atomic mass is 10.0. The van der Waals surface area contributed by atoms with Gasteiger partial charge in [-0.2, -0.15) is 0 Å². The van der Waals surface area contributed by atoms with E-state index >= 15 is 0 Å². The maximum atomic E-state index is 12.0. The Morgan fingerprint density at radius 2 is 2.00 bits per heavy atom. The topological polar surface area (TPSA) is 62.3 Å². The van der Waals surface area contributed by atoms with Crippen molar-refractivity contribution in [1.82, 2.24) is 9.88 Å². The lowest BCUT2D eigenvalue weighted by Crippen LogP contribution is -2.21. The van der Waals surface area contributed by atoms with Crippen molar-refractivity contribution in [3.63, 3.8) is 0 Å². The molecule has 106 valence electrons. The van der Waals surface area contributed by atoms with Gasteiger partial charge in [0.1, 0.15) is 0 Å². The Hall–Kier alpha value is -2.69. The van der Waals surface area contributed by atoms with Crippen molar-refractivity contribution in [3.8, 4) is 11.1 Å². The van der Waals surface area contributed by atoms with Gasteiger partial charge in [0, 0.05) is 37.7 Å². The molecule has 5 heteroatoms. The molecular formula is C16H15N3O2. The van der Waals surface area contributed by atoms with Crippen LogP contribution in [0.4, 0.5) is 5.69 Å². The number of nitrogens with zero attached hydrogens (tertiary/aromatic N) is 2. The normalized spacial score (nSPS) is 12.8. The van der Waals surface area contributed by atoms with E-state index in [2.05, 4.69) is 10.3 Å². The van der Waals surface area contributed by atoms with Gasteiger partial charge in [0.15, 0.2) is 0 Å². The zero-order chi connectivity index (χ0) is 15.0. The Bertz CT molecular complexity index is 738. The largest absolute Gasteiger partial charge is 0.345 e. The highest BCUT2D eigenvalue weighted by atomic mass is 16.2. The SMILES string of the molecule is CN(C)C(=O)c1cncc(-c2ccc3c(c2)CC(=O)N3)c1. The number of anilines is 1. The lowest BCUT2D eigenvalue weighted by Gasteiger charge is -2.11. The van der Waals surface area contributed by atoms with E-state index in [-0.39, 0.29) is 11.8 Å². The van der Waals surface area contributed by atoms with Gasteiger partial charge in [0.2, 0.25) is 5.91 Å². The summed E-state index contributed by atoms with van der Waals surface area (Å²) in [5.41, 5.74) is 4.20. The average Bonchev–Trinajstić information content (AvgIpc) is 2.85. The second kappa shape index (κ2) is 5.01. The number of hydrogen-bond donors (Lipinski definition) is 1. The highest BCUT2D eigenvalue weighted by Crippen LogP contribution is 2.29. The van der Waals surface area contributed by atoms with Crippen LogP contribution in [0.3, 0.4) is 0 Å². The van der Waals surface area contributed by atoms with Gasteiger partial charge in [-0.25, -0.2) is 0 Å². The van der Waals surface area contributed by atoms with Gasteiger partial charge in [-0.3, -0.25) is 14.6 Å². The first kappa shape index (κ1) is 13.3. The minimum absolute atomic E-state index is 0.0109. The molecular weight excluding hydrogens is 266 g/mol. The molecule has 0 aliphatic carbocycles. The number of amides is 2. The number of carbonyl (C=O) groups is 2. The monoisotopic (exact) mass is 281 g/mol. The Morgan fingerprint density at radius 3 is 2.76 bits per heavy atom. The molecule has 2 aromatic rings. The molecule has 1 aromatic heterocycles. The van der Waals surface area contributed by atoms with Gasteiger partial charge in [-0.1, -0.05) is 6.07 Å². The number of aromatic nitrogens is 1. The van der Waals surface area contributed by atoms with E-state index in [1.54, 1.807) is 26.5 Å². The van der Waals surface area contributed by atoms with Gasteiger partial charge < -0.3 is 10.2 Å². The summed E-state index contributed by atoms with van der Waals surface area (Å²) in [6, 6.07) is 7.59. The van der Waals surface area contributed by atoms with Crippen LogP contribution in [-0.4, -0.2) is 35.8 Å². The van der Waals surface area contributed by atoms with Crippen molar-refractivity contribution < 1.29 is 9.59 Å². The Morgan fingerprint density at radius 1 is 1.19 bits per heavy atom. The zero-order valence-electron chi connectivity index (χ0n) is 11.9. The molecule has 3 rings (SSSR count). The maximum absolute atomic E-state index is 12.0. The second-order valence-corrected chi connectivity index (χ2v) is 5.26. The third-order valence-corrected chi connectivity index (χ3v) is 3.46. The quantitative estimate of drug-likeness (QED) is 0.915. The van der Waals surface area contributed by atoms with Crippen LogP contribution in [0.15, 0.2) is 36.7 Å². The number of carbonyl (C=O) groups excluding carboxylic acids is 2. The molecule has 21 heavy (non-hydrogen) atoms. The van der Waals surface area contributed by atoms with Crippen molar-refractivity contribution in [3.05, 3.63) is 47.8 Å². The number of fused-ring (bicyclic) bond motifs is 1. The Balaban J connectivity index is 1.98. The van der Waals surface area contributed by atoms with Crippen molar-refractivity contribution in [2.45, 2.75) is 6.42 Å². The lowest BCUT2D eigenvalue weighted by molar-refractivity contribution is -0.115. The summed E-state index contributed by atoms with van der Waals surface area (Å²) in [6.07, 6.45) is 3.68. The van der Waals surface area contributed by atoms with Crippen molar-refractivity contribution in [2.75, 3.05) is 19.4 Å². The minimum Gasteiger partial charge on any atom is -0.345 e. The van der Waals surface area contributed by atoms with E-state index in [4.69, 9.17) is 0 Å². The summed E-state index contributed by atoms with van der Waals surface area (Å²) in [7, 11) is 3.42. The summed E-state index contributed by atoms with van der Waals surface area (Å²) < 4.78 is 0. The zero-order valence-corrected chi connectivity index (χ0v) is 11.9. The van der Waals surface area contributed by atoms with E-state index in [0.717, 1.165) is 22.4 Å². The number of nitrogens with one attached hydrogen (secondary N) is 1. The van der Waals surface area contributed by atoms with Crippen molar-refractivity contribution >= 4 is 17.5 Å². The van der Waals surface area contributed by atoms with Crippen LogP contribution in [0.25, 0.3) is 11.1 Å². The summed E-state index contributed by atoms with van der Waals surface area (Å²) in [5.74, 6) is -0.0702. The van der Waals surface area contributed by atoms with Gasteiger partial charge in [0.05, 0.1) is 12.0 Å². The summed E-state index contributed by atoms with van der Waals surface area (Å²) in [6.45, 7) is 0. The molecule has 2 amide bonds. The fourth-order valence-electron chi connectivity index (χ4n) is 2.38. The predicted octanol–water partition coefficient (Wildman–Crippen LogP) is 1.94. The van der Waals surface area contributed by atoms with E-state index in [0.29, 0.717) is 12.0 Å². The van der Waals surface area contributed by atoms with Crippen LogP contribution in [0.1, 0.15) is 15.9 Å². The van der Waals surface area contributed by atoms with E-state index in [9.17, 15) is 9.59 Å². The summed E-state index contributed by atoms with van der Waals surface area (Å²) in [5, 5.41) is 2.81.